The fourth-order valence-electron chi connectivity index (χ4n) is 2.13. The van der Waals surface area contributed by atoms with Crippen LogP contribution in [0.4, 0.5) is 5.69 Å². The Balaban J connectivity index is 1.78. The van der Waals surface area contributed by atoms with E-state index in [9.17, 15) is 4.79 Å². The minimum absolute atomic E-state index is 0.0395. The maximum atomic E-state index is 10.9. The molecule has 1 heterocycles. The SMILES string of the molecule is CC(=O)Nc1ccc(C/C=C/CC2=CCOCC2)cc1. The lowest BCUT2D eigenvalue weighted by Crippen LogP contribution is -2.05. The topological polar surface area (TPSA) is 38.3 Å². The van der Waals surface area contributed by atoms with Crippen molar-refractivity contribution >= 4 is 11.6 Å². The largest absolute Gasteiger partial charge is 0.377 e. The molecule has 106 valence electrons. The van der Waals surface area contributed by atoms with Crippen molar-refractivity contribution < 1.29 is 9.53 Å². The van der Waals surface area contributed by atoms with E-state index in [0.717, 1.165) is 38.2 Å². The van der Waals surface area contributed by atoms with Crippen molar-refractivity contribution in [2.75, 3.05) is 18.5 Å². The number of allylic oxidation sites excluding steroid dienone is 2. The monoisotopic (exact) mass is 271 g/mol. The second-order valence-corrected chi connectivity index (χ2v) is 4.95. The molecule has 0 fully saturated rings. The Bertz CT molecular complexity index is 500. The number of carbonyl (C=O) groups excluding carboxylic acids is 1. The van der Waals surface area contributed by atoms with Gasteiger partial charge in [0.2, 0.25) is 5.91 Å². The first-order chi connectivity index (χ1) is 9.74. The highest BCUT2D eigenvalue weighted by atomic mass is 16.5. The average Bonchev–Trinajstić information content (AvgIpc) is 2.46. The van der Waals surface area contributed by atoms with Gasteiger partial charge in [0.05, 0.1) is 13.2 Å². The van der Waals surface area contributed by atoms with E-state index in [2.05, 4.69) is 23.5 Å². The number of amides is 1. The van der Waals surface area contributed by atoms with Crippen LogP contribution in [0.5, 0.6) is 0 Å². The lowest BCUT2D eigenvalue weighted by Gasteiger charge is -2.11. The number of carbonyl (C=O) groups is 1. The zero-order chi connectivity index (χ0) is 14.2. The summed E-state index contributed by atoms with van der Waals surface area (Å²) in [6.07, 6.45) is 9.59. The maximum Gasteiger partial charge on any atom is 0.221 e. The number of hydrogen-bond donors (Lipinski definition) is 1. The minimum atomic E-state index is -0.0395. The molecule has 1 aliphatic heterocycles. The third kappa shape index (κ3) is 5.02. The maximum absolute atomic E-state index is 10.9. The van der Waals surface area contributed by atoms with Gasteiger partial charge in [-0.1, -0.05) is 35.9 Å². The fraction of sp³-hybridized carbons (Fsp3) is 0.353. The van der Waals surface area contributed by atoms with Gasteiger partial charge in [0, 0.05) is 12.6 Å². The molecule has 0 aliphatic carbocycles. The van der Waals surface area contributed by atoms with Gasteiger partial charge in [0.25, 0.3) is 0 Å². The van der Waals surface area contributed by atoms with Crippen LogP contribution in [0.25, 0.3) is 0 Å². The molecule has 1 N–H and O–H groups in total. The summed E-state index contributed by atoms with van der Waals surface area (Å²) in [7, 11) is 0. The van der Waals surface area contributed by atoms with Crippen molar-refractivity contribution in [3.63, 3.8) is 0 Å². The molecule has 1 amide bonds. The van der Waals surface area contributed by atoms with Gasteiger partial charge in [-0.15, -0.1) is 0 Å². The Morgan fingerprint density at radius 3 is 2.65 bits per heavy atom. The Hall–Kier alpha value is -1.87. The van der Waals surface area contributed by atoms with E-state index in [1.54, 1.807) is 0 Å². The Kier molecular flexibility index (Phi) is 5.56. The predicted molar refractivity (Wildman–Crippen MR) is 81.7 cm³/mol. The highest BCUT2D eigenvalue weighted by Crippen LogP contribution is 2.13. The van der Waals surface area contributed by atoms with Gasteiger partial charge in [0.15, 0.2) is 0 Å². The number of benzene rings is 1. The van der Waals surface area contributed by atoms with Crippen molar-refractivity contribution in [2.24, 2.45) is 0 Å². The van der Waals surface area contributed by atoms with Crippen LogP contribution in [0.3, 0.4) is 0 Å². The Morgan fingerprint density at radius 2 is 2.00 bits per heavy atom. The first-order valence-corrected chi connectivity index (χ1v) is 7.01. The summed E-state index contributed by atoms with van der Waals surface area (Å²) in [6, 6.07) is 7.96. The van der Waals surface area contributed by atoms with Gasteiger partial charge in [-0.3, -0.25) is 4.79 Å². The van der Waals surface area contributed by atoms with Crippen LogP contribution in [0.2, 0.25) is 0 Å². The van der Waals surface area contributed by atoms with Gasteiger partial charge >= 0.3 is 0 Å². The van der Waals surface area contributed by atoms with Crippen molar-refractivity contribution in [1.29, 1.82) is 0 Å². The highest BCUT2D eigenvalue weighted by molar-refractivity contribution is 5.88. The summed E-state index contributed by atoms with van der Waals surface area (Å²) >= 11 is 0. The average molecular weight is 271 g/mol. The molecule has 1 aromatic rings. The molecule has 0 saturated heterocycles. The number of rotatable bonds is 5. The first-order valence-electron chi connectivity index (χ1n) is 7.01. The lowest BCUT2D eigenvalue weighted by atomic mass is 10.1. The van der Waals surface area contributed by atoms with E-state index >= 15 is 0 Å². The van der Waals surface area contributed by atoms with Crippen LogP contribution >= 0.6 is 0 Å². The van der Waals surface area contributed by atoms with E-state index in [1.807, 2.05) is 24.3 Å². The Morgan fingerprint density at radius 1 is 1.25 bits per heavy atom. The van der Waals surface area contributed by atoms with E-state index in [1.165, 1.54) is 18.1 Å². The number of anilines is 1. The molecule has 3 heteroatoms. The smallest absolute Gasteiger partial charge is 0.221 e. The molecule has 3 nitrogen and oxygen atoms in total. The van der Waals surface area contributed by atoms with Gasteiger partial charge < -0.3 is 10.1 Å². The second-order valence-electron chi connectivity index (χ2n) is 4.95. The zero-order valence-corrected chi connectivity index (χ0v) is 11.9. The van der Waals surface area contributed by atoms with Crippen molar-refractivity contribution in [2.45, 2.75) is 26.2 Å². The summed E-state index contributed by atoms with van der Waals surface area (Å²) in [6.45, 7) is 3.12. The molecule has 1 aromatic carbocycles. The molecular formula is C17H21NO2. The van der Waals surface area contributed by atoms with Crippen LogP contribution in [0, 0.1) is 0 Å². The van der Waals surface area contributed by atoms with Gasteiger partial charge in [-0.05, 0) is 37.0 Å². The van der Waals surface area contributed by atoms with Crippen LogP contribution in [-0.4, -0.2) is 19.1 Å². The third-order valence-electron chi connectivity index (χ3n) is 3.23. The summed E-state index contributed by atoms with van der Waals surface area (Å²) in [5, 5.41) is 2.77. The van der Waals surface area contributed by atoms with Crippen LogP contribution < -0.4 is 5.32 Å². The molecule has 20 heavy (non-hydrogen) atoms. The fourth-order valence-corrected chi connectivity index (χ4v) is 2.13. The molecule has 0 saturated carbocycles. The van der Waals surface area contributed by atoms with Gasteiger partial charge in [-0.2, -0.15) is 0 Å². The molecule has 0 radical (unpaired) electrons. The normalized spacial score (nSPS) is 15.2. The summed E-state index contributed by atoms with van der Waals surface area (Å²) < 4.78 is 5.28. The number of hydrogen-bond acceptors (Lipinski definition) is 2. The second kappa shape index (κ2) is 7.65. The summed E-state index contributed by atoms with van der Waals surface area (Å²) in [5.74, 6) is -0.0395. The molecule has 0 bridgehead atoms. The van der Waals surface area contributed by atoms with E-state index < -0.39 is 0 Å². The van der Waals surface area contributed by atoms with E-state index in [-0.39, 0.29) is 5.91 Å². The molecular weight excluding hydrogens is 250 g/mol. The predicted octanol–water partition coefficient (Wildman–Crippen LogP) is 3.48. The van der Waals surface area contributed by atoms with Crippen molar-refractivity contribution in [3.8, 4) is 0 Å². The van der Waals surface area contributed by atoms with E-state index in [0.29, 0.717) is 0 Å². The number of ether oxygens (including phenoxy) is 1. The molecule has 0 unspecified atom stereocenters. The van der Waals surface area contributed by atoms with Crippen molar-refractivity contribution in [1.82, 2.24) is 0 Å². The molecule has 0 atom stereocenters. The lowest BCUT2D eigenvalue weighted by molar-refractivity contribution is -0.114. The highest BCUT2D eigenvalue weighted by Gasteiger charge is 2.00. The third-order valence-corrected chi connectivity index (χ3v) is 3.23. The van der Waals surface area contributed by atoms with Crippen LogP contribution in [-0.2, 0) is 16.0 Å². The van der Waals surface area contributed by atoms with Crippen molar-refractivity contribution in [3.05, 3.63) is 53.6 Å². The minimum Gasteiger partial charge on any atom is -0.377 e. The van der Waals surface area contributed by atoms with Crippen LogP contribution in [0.1, 0.15) is 25.3 Å². The van der Waals surface area contributed by atoms with Gasteiger partial charge in [0.1, 0.15) is 0 Å². The Labute approximate surface area is 120 Å². The van der Waals surface area contributed by atoms with E-state index in [4.69, 9.17) is 4.74 Å². The standard InChI is InChI=1S/C17H21NO2/c1-14(19)18-17-8-6-15(7-9-17)4-2-3-5-16-10-12-20-13-11-16/h2-3,6-10H,4-5,11-13H2,1H3,(H,18,19)/b3-2+. The first kappa shape index (κ1) is 14.5. The van der Waals surface area contributed by atoms with Gasteiger partial charge in [-0.25, -0.2) is 0 Å². The molecule has 2 rings (SSSR count). The molecule has 1 aliphatic rings. The quantitative estimate of drug-likeness (QED) is 0.833. The zero-order valence-electron chi connectivity index (χ0n) is 11.9. The number of nitrogens with one attached hydrogen (secondary N) is 1. The summed E-state index contributed by atoms with van der Waals surface area (Å²) in [5.41, 5.74) is 3.56. The molecule has 0 aromatic heterocycles. The van der Waals surface area contributed by atoms with Crippen LogP contribution in [0.15, 0.2) is 48.1 Å². The summed E-state index contributed by atoms with van der Waals surface area (Å²) in [4.78, 5) is 10.9. The molecule has 0 spiro atoms.